The third-order valence-corrected chi connectivity index (χ3v) is 3.80. The Labute approximate surface area is 146 Å². The van der Waals surface area contributed by atoms with E-state index in [0.29, 0.717) is 5.56 Å². The van der Waals surface area contributed by atoms with Gasteiger partial charge in [-0.15, -0.1) is 0 Å². The van der Waals surface area contributed by atoms with Crippen molar-refractivity contribution in [2.45, 2.75) is 6.92 Å². The normalized spacial score (nSPS) is 10.9. The molecule has 126 valence electrons. The molecule has 0 aliphatic rings. The zero-order valence-electron chi connectivity index (χ0n) is 13.9. The molecule has 0 saturated heterocycles. The molecule has 25 heavy (non-hydrogen) atoms. The highest BCUT2D eigenvalue weighted by molar-refractivity contribution is 6.02. The van der Waals surface area contributed by atoms with E-state index in [1.807, 2.05) is 61.5 Å². The van der Waals surface area contributed by atoms with Crippen molar-refractivity contribution in [3.05, 3.63) is 71.8 Å². The zero-order chi connectivity index (χ0) is 17.6. The molecule has 0 aromatic heterocycles. The maximum absolute atomic E-state index is 11.9. The number of anilines is 1. The Bertz CT molecular complexity index is 935. The van der Waals surface area contributed by atoms with Gasteiger partial charge in [0.15, 0.2) is 0 Å². The van der Waals surface area contributed by atoms with Gasteiger partial charge in [0.1, 0.15) is 5.75 Å². The van der Waals surface area contributed by atoms with Crippen LogP contribution < -0.4 is 10.7 Å². The molecule has 3 N–H and O–H groups in total. The van der Waals surface area contributed by atoms with Gasteiger partial charge in [-0.2, -0.15) is 5.10 Å². The van der Waals surface area contributed by atoms with E-state index in [4.69, 9.17) is 0 Å². The first-order chi connectivity index (χ1) is 12.1. The monoisotopic (exact) mass is 333 g/mol. The fourth-order valence-electron chi connectivity index (χ4n) is 2.57. The molecule has 3 aromatic carbocycles. The molecule has 1 amide bonds. The lowest BCUT2D eigenvalue weighted by molar-refractivity contribution is -0.119. The van der Waals surface area contributed by atoms with Crippen LogP contribution in [0, 0.1) is 6.92 Å². The molecule has 3 rings (SSSR count). The summed E-state index contributed by atoms with van der Waals surface area (Å²) in [6.45, 7) is 2.11. The Kier molecular flexibility index (Phi) is 4.95. The molecule has 3 aromatic rings. The van der Waals surface area contributed by atoms with Gasteiger partial charge in [-0.3, -0.25) is 4.79 Å². The summed E-state index contributed by atoms with van der Waals surface area (Å²) < 4.78 is 0. The number of carbonyl (C=O) groups is 1. The predicted octanol–water partition coefficient (Wildman–Crippen LogP) is 3.42. The summed E-state index contributed by atoms with van der Waals surface area (Å²) >= 11 is 0. The van der Waals surface area contributed by atoms with Gasteiger partial charge in [0.25, 0.3) is 5.91 Å². The number of nitrogens with zero attached hydrogens (tertiary/aromatic N) is 1. The predicted molar refractivity (Wildman–Crippen MR) is 101 cm³/mol. The van der Waals surface area contributed by atoms with Crippen molar-refractivity contribution in [3.63, 3.8) is 0 Å². The van der Waals surface area contributed by atoms with Crippen LogP contribution in [0.3, 0.4) is 0 Å². The second kappa shape index (κ2) is 7.49. The van der Waals surface area contributed by atoms with Crippen LogP contribution in [0.1, 0.15) is 11.1 Å². The van der Waals surface area contributed by atoms with Crippen LogP contribution in [0.2, 0.25) is 0 Å². The number of aryl methyl sites for hydroxylation is 1. The Morgan fingerprint density at radius 3 is 2.80 bits per heavy atom. The van der Waals surface area contributed by atoms with E-state index in [9.17, 15) is 9.90 Å². The van der Waals surface area contributed by atoms with Gasteiger partial charge in [-0.25, -0.2) is 5.43 Å². The van der Waals surface area contributed by atoms with E-state index in [2.05, 4.69) is 15.8 Å². The topological polar surface area (TPSA) is 73.7 Å². The van der Waals surface area contributed by atoms with Gasteiger partial charge in [-0.05, 0) is 41.5 Å². The summed E-state index contributed by atoms with van der Waals surface area (Å²) in [6, 6.07) is 18.9. The Morgan fingerprint density at radius 2 is 1.96 bits per heavy atom. The number of phenols is 1. The molecule has 0 aliphatic heterocycles. The molecule has 0 spiro atoms. The summed E-state index contributed by atoms with van der Waals surface area (Å²) in [6.07, 6.45) is 1.46. The quantitative estimate of drug-likeness (QED) is 0.495. The molecule has 5 heteroatoms. The Hall–Kier alpha value is -3.34. The smallest absolute Gasteiger partial charge is 0.259 e. The zero-order valence-corrected chi connectivity index (χ0v) is 13.9. The average Bonchev–Trinajstić information content (AvgIpc) is 2.62. The van der Waals surface area contributed by atoms with Crippen LogP contribution in [-0.2, 0) is 4.79 Å². The minimum Gasteiger partial charge on any atom is -0.507 e. The number of aromatic hydroxyl groups is 1. The van der Waals surface area contributed by atoms with Crippen molar-refractivity contribution in [2.75, 3.05) is 11.9 Å². The fourth-order valence-corrected chi connectivity index (χ4v) is 2.57. The van der Waals surface area contributed by atoms with Crippen LogP contribution in [0.4, 0.5) is 5.69 Å². The molecular formula is C20H19N3O2. The summed E-state index contributed by atoms with van der Waals surface area (Å²) in [5.74, 6) is -0.146. The minimum absolute atomic E-state index is 0.113. The molecule has 0 saturated carbocycles. The third-order valence-electron chi connectivity index (χ3n) is 3.80. The molecule has 0 aliphatic carbocycles. The largest absolute Gasteiger partial charge is 0.507 e. The highest BCUT2D eigenvalue weighted by Crippen LogP contribution is 2.25. The fraction of sp³-hybridized carbons (Fsp3) is 0.100. The van der Waals surface area contributed by atoms with E-state index in [0.717, 1.165) is 22.0 Å². The minimum atomic E-state index is -0.266. The van der Waals surface area contributed by atoms with Gasteiger partial charge in [-0.1, -0.05) is 42.5 Å². The molecule has 0 unspecified atom stereocenters. The second-order valence-corrected chi connectivity index (χ2v) is 5.74. The van der Waals surface area contributed by atoms with E-state index in [-0.39, 0.29) is 18.2 Å². The van der Waals surface area contributed by atoms with Crippen molar-refractivity contribution in [2.24, 2.45) is 5.10 Å². The van der Waals surface area contributed by atoms with Gasteiger partial charge in [0.05, 0.1) is 12.8 Å². The van der Waals surface area contributed by atoms with Crippen molar-refractivity contribution in [3.8, 4) is 5.75 Å². The summed E-state index contributed by atoms with van der Waals surface area (Å²) in [4.78, 5) is 11.9. The number of rotatable bonds is 5. The maximum atomic E-state index is 11.9. The standard InChI is InChI=1S/C20H19N3O2/c1-14-5-4-7-16(11-14)21-13-20(25)23-22-12-18-17-8-3-2-6-15(17)9-10-19(18)24/h2-12,21,24H,13H2,1H3,(H,23,25)/b22-12-. The lowest BCUT2D eigenvalue weighted by Crippen LogP contribution is -2.25. The number of carbonyl (C=O) groups excluding carboxylic acids is 1. The second-order valence-electron chi connectivity index (χ2n) is 5.74. The number of benzene rings is 3. The number of amides is 1. The summed E-state index contributed by atoms with van der Waals surface area (Å²) in [5.41, 5.74) is 5.04. The van der Waals surface area contributed by atoms with Crippen LogP contribution in [-0.4, -0.2) is 23.8 Å². The van der Waals surface area contributed by atoms with Gasteiger partial charge in [0, 0.05) is 11.3 Å². The van der Waals surface area contributed by atoms with Crippen molar-refractivity contribution >= 4 is 28.6 Å². The van der Waals surface area contributed by atoms with Crippen molar-refractivity contribution in [1.29, 1.82) is 0 Å². The number of fused-ring (bicyclic) bond motifs is 1. The summed E-state index contributed by atoms with van der Waals surface area (Å²) in [7, 11) is 0. The number of phenolic OH excluding ortho intramolecular Hbond substituents is 1. The Balaban J connectivity index is 1.63. The molecular weight excluding hydrogens is 314 g/mol. The van der Waals surface area contributed by atoms with E-state index >= 15 is 0 Å². The van der Waals surface area contributed by atoms with Crippen LogP contribution in [0.5, 0.6) is 5.75 Å². The van der Waals surface area contributed by atoms with Gasteiger partial charge in [0.2, 0.25) is 0 Å². The maximum Gasteiger partial charge on any atom is 0.259 e. The molecule has 0 bridgehead atoms. The molecule has 0 atom stereocenters. The highest BCUT2D eigenvalue weighted by atomic mass is 16.3. The number of hydrogen-bond donors (Lipinski definition) is 3. The van der Waals surface area contributed by atoms with E-state index < -0.39 is 0 Å². The first-order valence-electron chi connectivity index (χ1n) is 7.96. The summed E-state index contributed by atoms with van der Waals surface area (Å²) in [5, 5.41) is 18.9. The van der Waals surface area contributed by atoms with E-state index in [1.165, 1.54) is 6.21 Å². The Morgan fingerprint density at radius 1 is 1.12 bits per heavy atom. The number of hydrazone groups is 1. The molecule has 0 heterocycles. The number of nitrogens with one attached hydrogen (secondary N) is 2. The lowest BCUT2D eigenvalue weighted by atomic mass is 10.0. The van der Waals surface area contributed by atoms with Gasteiger partial charge >= 0.3 is 0 Å². The van der Waals surface area contributed by atoms with Crippen molar-refractivity contribution in [1.82, 2.24) is 5.43 Å². The van der Waals surface area contributed by atoms with Crippen LogP contribution >= 0.6 is 0 Å². The third kappa shape index (κ3) is 4.14. The van der Waals surface area contributed by atoms with Gasteiger partial charge < -0.3 is 10.4 Å². The highest BCUT2D eigenvalue weighted by Gasteiger charge is 2.05. The first-order valence-corrected chi connectivity index (χ1v) is 7.96. The van der Waals surface area contributed by atoms with Crippen molar-refractivity contribution < 1.29 is 9.90 Å². The van der Waals surface area contributed by atoms with Crippen LogP contribution in [0.25, 0.3) is 10.8 Å². The van der Waals surface area contributed by atoms with Crippen LogP contribution in [0.15, 0.2) is 65.8 Å². The first kappa shape index (κ1) is 16.5. The molecule has 0 fully saturated rings. The lowest BCUT2D eigenvalue weighted by Gasteiger charge is -2.06. The number of hydrogen-bond acceptors (Lipinski definition) is 4. The van der Waals surface area contributed by atoms with E-state index in [1.54, 1.807) is 6.07 Å². The molecule has 0 radical (unpaired) electrons. The average molecular weight is 333 g/mol. The SMILES string of the molecule is Cc1cccc(NCC(=O)N/N=C\c2c(O)ccc3ccccc23)c1. The molecule has 5 nitrogen and oxygen atoms in total.